The van der Waals surface area contributed by atoms with Crippen molar-refractivity contribution in [2.45, 2.75) is 5.51 Å². The Morgan fingerprint density at radius 1 is 0.920 bits per heavy atom. The highest BCUT2D eigenvalue weighted by molar-refractivity contribution is 7.88. The monoisotopic (exact) mass is 382 g/mol. The van der Waals surface area contributed by atoms with E-state index in [0.717, 1.165) is 10.1 Å². The molecule has 1 aromatic heterocycles. The molecule has 0 bridgehead atoms. The highest BCUT2D eigenvalue weighted by Crippen LogP contribution is 2.44. The molecule has 0 saturated carbocycles. The van der Waals surface area contributed by atoms with Crippen LogP contribution >= 0.6 is 11.3 Å². The molecule has 0 aliphatic rings. The minimum absolute atomic E-state index is 0.316. The van der Waals surface area contributed by atoms with Crippen LogP contribution in [0.5, 0.6) is 5.75 Å². The number of hydrogen-bond acceptors (Lipinski definition) is 4. The van der Waals surface area contributed by atoms with Gasteiger partial charge in [0.1, 0.15) is 0 Å². The lowest BCUT2D eigenvalue weighted by molar-refractivity contribution is -0.0499. The van der Waals surface area contributed by atoms with Crippen LogP contribution in [0.2, 0.25) is 0 Å². The number of hydrogen-bond donors (Lipinski definition) is 0. The van der Waals surface area contributed by atoms with Crippen molar-refractivity contribution in [3.8, 4) is 5.75 Å². The Kier molecular flexibility index (Phi) is 3.45. The fraction of sp³-hybridized carbons (Fsp3) is 0.0588. The van der Waals surface area contributed by atoms with Crippen LogP contribution in [0.1, 0.15) is 0 Å². The number of rotatable bonds is 2. The predicted octanol–water partition coefficient (Wildman–Crippen LogP) is 5.44. The quantitative estimate of drug-likeness (QED) is 0.343. The van der Waals surface area contributed by atoms with E-state index >= 15 is 0 Å². The fourth-order valence-corrected chi connectivity index (χ4v) is 4.47. The molecule has 3 aromatic carbocycles. The van der Waals surface area contributed by atoms with Crippen LogP contribution in [0.3, 0.4) is 0 Å². The summed E-state index contributed by atoms with van der Waals surface area (Å²) in [5.41, 5.74) is -5.49. The van der Waals surface area contributed by atoms with Gasteiger partial charge in [0.05, 0.1) is 0 Å². The summed E-state index contributed by atoms with van der Waals surface area (Å²) in [6, 6.07) is 15.5. The molecule has 1 heterocycles. The van der Waals surface area contributed by atoms with Gasteiger partial charge in [0.2, 0.25) is 0 Å². The highest BCUT2D eigenvalue weighted by atomic mass is 32.2. The Morgan fingerprint density at radius 3 is 2.28 bits per heavy atom. The summed E-state index contributed by atoms with van der Waals surface area (Å²) >= 11 is 1.38. The normalized spacial score (nSPS) is 12.9. The van der Waals surface area contributed by atoms with Gasteiger partial charge in [-0.15, -0.1) is 11.3 Å². The Morgan fingerprint density at radius 2 is 1.56 bits per heavy atom. The number of benzene rings is 3. The average Bonchev–Trinajstić information content (AvgIpc) is 2.93. The van der Waals surface area contributed by atoms with E-state index in [9.17, 15) is 21.6 Å². The summed E-state index contributed by atoms with van der Waals surface area (Å²) in [5, 5.41) is 2.46. The molecule has 4 aromatic rings. The van der Waals surface area contributed by atoms with E-state index in [0.29, 0.717) is 20.9 Å². The number of thiophene rings is 1. The first-order valence-electron chi connectivity index (χ1n) is 7.12. The van der Waals surface area contributed by atoms with Crippen molar-refractivity contribution in [3.05, 3.63) is 54.6 Å². The third-order valence-electron chi connectivity index (χ3n) is 3.82. The van der Waals surface area contributed by atoms with E-state index in [2.05, 4.69) is 4.18 Å². The maximum Gasteiger partial charge on any atom is 0.534 e. The summed E-state index contributed by atoms with van der Waals surface area (Å²) in [6.45, 7) is 0. The molecule has 0 unspecified atom stereocenters. The van der Waals surface area contributed by atoms with Gasteiger partial charge in [-0.2, -0.15) is 21.6 Å². The van der Waals surface area contributed by atoms with E-state index < -0.39 is 15.6 Å². The summed E-state index contributed by atoms with van der Waals surface area (Å²) < 4.78 is 67.3. The van der Waals surface area contributed by atoms with Gasteiger partial charge in [-0.05, 0) is 22.9 Å². The molecule has 0 N–H and O–H groups in total. The van der Waals surface area contributed by atoms with Crippen molar-refractivity contribution in [2.75, 3.05) is 0 Å². The smallest absolute Gasteiger partial charge is 0.375 e. The van der Waals surface area contributed by atoms with E-state index in [4.69, 9.17) is 0 Å². The third kappa shape index (κ3) is 2.52. The fourth-order valence-electron chi connectivity index (χ4n) is 2.75. The van der Waals surface area contributed by atoms with Crippen LogP contribution in [0.25, 0.3) is 30.9 Å². The molecule has 25 heavy (non-hydrogen) atoms. The second-order valence-electron chi connectivity index (χ2n) is 5.38. The summed E-state index contributed by atoms with van der Waals surface area (Å²) in [4.78, 5) is 0. The molecule has 128 valence electrons. The standard InChI is InChI=1S/C17H9F3O3S2/c18-17(19,20)25(21,22)23-13-9-10-5-1-2-6-11(10)16-15(13)12-7-3-4-8-14(12)24-16/h1-9H. The Bertz CT molecular complexity index is 1220. The Balaban J connectivity index is 2.12. The van der Waals surface area contributed by atoms with E-state index in [1.165, 1.54) is 17.4 Å². The Hall–Kier alpha value is -2.32. The largest absolute Gasteiger partial charge is 0.534 e. The van der Waals surface area contributed by atoms with Gasteiger partial charge in [-0.1, -0.05) is 42.5 Å². The lowest BCUT2D eigenvalue weighted by atomic mass is 10.1. The SMILES string of the molecule is O=S(=O)(Oc1cc2ccccc2c2sc3ccccc3c12)C(F)(F)F. The Labute approximate surface area is 144 Å². The number of alkyl halides is 3. The summed E-state index contributed by atoms with van der Waals surface area (Å²) in [6.07, 6.45) is 0. The van der Waals surface area contributed by atoms with Gasteiger partial charge < -0.3 is 4.18 Å². The molecule has 0 spiro atoms. The molecular weight excluding hydrogens is 373 g/mol. The van der Waals surface area contributed by atoms with E-state index in [1.54, 1.807) is 24.3 Å². The first-order chi connectivity index (χ1) is 11.8. The van der Waals surface area contributed by atoms with Gasteiger partial charge in [0.25, 0.3) is 0 Å². The van der Waals surface area contributed by atoms with Crippen LogP contribution in [0.15, 0.2) is 54.6 Å². The zero-order chi connectivity index (χ0) is 17.8. The molecule has 0 fully saturated rings. The van der Waals surface area contributed by atoms with Crippen LogP contribution in [0, 0.1) is 0 Å². The third-order valence-corrected chi connectivity index (χ3v) is 5.99. The van der Waals surface area contributed by atoms with Gasteiger partial charge >= 0.3 is 15.6 Å². The molecule has 0 saturated heterocycles. The molecule has 8 heteroatoms. The summed E-state index contributed by atoms with van der Waals surface area (Å²) in [7, 11) is -5.75. The lowest BCUT2D eigenvalue weighted by Gasteiger charge is -2.12. The minimum atomic E-state index is -5.75. The molecule has 0 atom stereocenters. The average molecular weight is 382 g/mol. The van der Waals surface area contributed by atoms with Crippen molar-refractivity contribution >= 4 is 52.4 Å². The first kappa shape index (κ1) is 16.2. The first-order valence-corrected chi connectivity index (χ1v) is 9.34. The van der Waals surface area contributed by atoms with E-state index in [1.807, 2.05) is 24.3 Å². The topological polar surface area (TPSA) is 43.4 Å². The molecule has 0 amide bonds. The second kappa shape index (κ2) is 5.34. The van der Waals surface area contributed by atoms with Crippen molar-refractivity contribution in [3.63, 3.8) is 0 Å². The predicted molar refractivity (Wildman–Crippen MR) is 92.4 cm³/mol. The van der Waals surface area contributed by atoms with Gasteiger partial charge in [-0.25, -0.2) is 0 Å². The van der Waals surface area contributed by atoms with Crippen molar-refractivity contribution in [1.82, 2.24) is 0 Å². The van der Waals surface area contributed by atoms with Crippen molar-refractivity contribution in [1.29, 1.82) is 0 Å². The van der Waals surface area contributed by atoms with Crippen molar-refractivity contribution < 1.29 is 25.8 Å². The van der Waals surface area contributed by atoms with Crippen LogP contribution in [0.4, 0.5) is 13.2 Å². The lowest BCUT2D eigenvalue weighted by Crippen LogP contribution is -2.28. The summed E-state index contributed by atoms with van der Waals surface area (Å²) in [5.74, 6) is -0.316. The molecule has 4 rings (SSSR count). The van der Waals surface area contributed by atoms with Gasteiger partial charge in [0, 0.05) is 20.2 Å². The van der Waals surface area contributed by atoms with Crippen LogP contribution < -0.4 is 4.18 Å². The zero-order valence-corrected chi connectivity index (χ0v) is 14.0. The highest BCUT2D eigenvalue weighted by Gasteiger charge is 2.48. The molecule has 0 aliphatic heterocycles. The van der Waals surface area contributed by atoms with Crippen LogP contribution in [-0.2, 0) is 10.1 Å². The molecule has 3 nitrogen and oxygen atoms in total. The zero-order valence-electron chi connectivity index (χ0n) is 12.4. The maximum atomic E-state index is 12.8. The molecule has 0 radical (unpaired) electrons. The molecule has 0 aliphatic carbocycles. The van der Waals surface area contributed by atoms with Gasteiger partial charge in [-0.3, -0.25) is 0 Å². The molecular formula is C17H9F3O3S2. The second-order valence-corrected chi connectivity index (χ2v) is 7.97. The number of fused-ring (bicyclic) bond motifs is 5. The van der Waals surface area contributed by atoms with Gasteiger partial charge in [0.15, 0.2) is 5.75 Å². The van der Waals surface area contributed by atoms with Crippen molar-refractivity contribution in [2.24, 2.45) is 0 Å². The number of halogens is 3. The van der Waals surface area contributed by atoms with Crippen LogP contribution in [-0.4, -0.2) is 13.9 Å². The van der Waals surface area contributed by atoms with E-state index in [-0.39, 0.29) is 5.75 Å². The minimum Gasteiger partial charge on any atom is -0.375 e. The maximum absolute atomic E-state index is 12.8.